The van der Waals surface area contributed by atoms with Gasteiger partial charge in [-0.2, -0.15) is 11.3 Å². The van der Waals surface area contributed by atoms with Crippen LogP contribution in [0.1, 0.15) is 11.1 Å². The Morgan fingerprint density at radius 2 is 2.21 bits per heavy atom. The van der Waals surface area contributed by atoms with Crippen molar-refractivity contribution in [3.8, 4) is 0 Å². The highest BCUT2D eigenvalue weighted by atomic mass is 35.5. The first kappa shape index (κ1) is 12.8. The van der Waals surface area contributed by atoms with E-state index in [1.54, 1.807) is 17.4 Å². The van der Waals surface area contributed by atoms with Crippen LogP contribution in [0.2, 0.25) is 5.02 Å². The summed E-state index contributed by atoms with van der Waals surface area (Å²) in [7, 11) is 0. The lowest BCUT2D eigenvalue weighted by Gasteiger charge is -2.04. The SMILES string of the molecule is Cc1cscc1Cn1c(=S)[nH]c2cc(Cl)c(F)cc21. The molecule has 2 nitrogen and oxygen atoms in total. The summed E-state index contributed by atoms with van der Waals surface area (Å²) in [5, 5.41) is 4.27. The second-order valence-electron chi connectivity index (χ2n) is 4.38. The highest BCUT2D eigenvalue weighted by Gasteiger charge is 2.10. The normalized spacial score (nSPS) is 11.3. The van der Waals surface area contributed by atoms with Gasteiger partial charge in [-0.3, -0.25) is 0 Å². The third-order valence-corrected chi connectivity index (χ3v) is 4.63. The van der Waals surface area contributed by atoms with Crippen LogP contribution >= 0.6 is 35.2 Å². The number of fused-ring (bicyclic) bond motifs is 1. The zero-order valence-electron chi connectivity index (χ0n) is 10.0. The van der Waals surface area contributed by atoms with Crippen molar-refractivity contribution in [3.05, 3.63) is 49.6 Å². The molecule has 0 aliphatic rings. The maximum absolute atomic E-state index is 13.6. The number of imidazole rings is 1. The average Bonchev–Trinajstić information content (AvgIpc) is 2.88. The number of aromatic nitrogens is 2. The van der Waals surface area contributed by atoms with E-state index in [-0.39, 0.29) is 5.02 Å². The summed E-state index contributed by atoms with van der Waals surface area (Å²) in [5.74, 6) is -0.432. The molecule has 2 heterocycles. The Hall–Kier alpha value is -1.17. The van der Waals surface area contributed by atoms with E-state index in [1.807, 2.05) is 4.57 Å². The van der Waals surface area contributed by atoms with E-state index >= 15 is 0 Å². The van der Waals surface area contributed by atoms with Crippen molar-refractivity contribution in [2.75, 3.05) is 0 Å². The number of H-pyrrole nitrogens is 1. The fourth-order valence-corrected chi connectivity index (χ4v) is 3.31. The standard InChI is InChI=1S/C13H10ClFN2S2/c1-7-5-19-6-8(7)4-17-12-3-10(15)9(14)2-11(12)16-13(17)18/h2-3,5-6H,4H2,1H3,(H,16,18). The largest absolute Gasteiger partial charge is 0.331 e. The summed E-state index contributed by atoms with van der Waals surface area (Å²) in [6, 6.07) is 2.99. The quantitative estimate of drug-likeness (QED) is 0.667. The van der Waals surface area contributed by atoms with E-state index < -0.39 is 5.82 Å². The summed E-state index contributed by atoms with van der Waals surface area (Å²) in [5.41, 5.74) is 3.90. The van der Waals surface area contributed by atoms with Crippen LogP contribution in [-0.4, -0.2) is 9.55 Å². The molecule has 6 heteroatoms. The topological polar surface area (TPSA) is 20.7 Å². The fraction of sp³-hybridized carbons (Fsp3) is 0.154. The van der Waals surface area contributed by atoms with Crippen molar-refractivity contribution in [2.45, 2.75) is 13.5 Å². The van der Waals surface area contributed by atoms with Gasteiger partial charge >= 0.3 is 0 Å². The number of benzene rings is 1. The van der Waals surface area contributed by atoms with Gasteiger partial charge in [0.25, 0.3) is 0 Å². The minimum atomic E-state index is -0.432. The summed E-state index contributed by atoms with van der Waals surface area (Å²) >= 11 is 12.7. The molecule has 0 spiro atoms. The molecule has 1 aromatic carbocycles. The second-order valence-corrected chi connectivity index (χ2v) is 5.92. The molecule has 0 amide bonds. The Morgan fingerprint density at radius 1 is 1.42 bits per heavy atom. The lowest BCUT2D eigenvalue weighted by molar-refractivity contribution is 0.629. The predicted molar refractivity (Wildman–Crippen MR) is 80.2 cm³/mol. The van der Waals surface area contributed by atoms with Gasteiger partial charge in [-0.05, 0) is 47.1 Å². The van der Waals surface area contributed by atoms with Crippen molar-refractivity contribution < 1.29 is 4.39 Å². The van der Waals surface area contributed by atoms with Crippen molar-refractivity contribution >= 4 is 46.2 Å². The van der Waals surface area contributed by atoms with Crippen LogP contribution in [0.5, 0.6) is 0 Å². The number of nitrogens with one attached hydrogen (secondary N) is 1. The molecular formula is C13H10ClFN2S2. The van der Waals surface area contributed by atoms with Gasteiger partial charge in [-0.25, -0.2) is 4.39 Å². The Morgan fingerprint density at radius 3 is 2.89 bits per heavy atom. The lowest BCUT2D eigenvalue weighted by Crippen LogP contribution is -2.00. The molecule has 3 aromatic rings. The number of nitrogens with zero attached hydrogens (tertiary/aromatic N) is 1. The van der Waals surface area contributed by atoms with Gasteiger partial charge in [0, 0.05) is 6.07 Å². The van der Waals surface area contributed by atoms with Crippen LogP contribution in [0.3, 0.4) is 0 Å². The maximum Gasteiger partial charge on any atom is 0.178 e. The molecular weight excluding hydrogens is 303 g/mol. The minimum Gasteiger partial charge on any atom is -0.331 e. The highest BCUT2D eigenvalue weighted by molar-refractivity contribution is 7.71. The molecule has 0 aliphatic heterocycles. The van der Waals surface area contributed by atoms with Crippen molar-refractivity contribution in [1.82, 2.24) is 9.55 Å². The van der Waals surface area contributed by atoms with Crippen molar-refractivity contribution in [1.29, 1.82) is 0 Å². The number of rotatable bonds is 2. The molecule has 2 aromatic heterocycles. The van der Waals surface area contributed by atoms with E-state index in [1.165, 1.54) is 17.2 Å². The molecule has 0 atom stereocenters. The summed E-state index contributed by atoms with van der Waals surface area (Å²) in [6.07, 6.45) is 0. The van der Waals surface area contributed by atoms with Crippen LogP contribution in [-0.2, 0) is 6.54 Å². The fourth-order valence-electron chi connectivity index (χ4n) is 2.03. The zero-order chi connectivity index (χ0) is 13.6. The van der Waals surface area contributed by atoms with Crippen LogP contribution < -0.4 is 0 Å². The van der Waals surface area contributed by atoms with Gasteiger partial charge in [0.15, 0.2) is 4.77 Å². The molecule has 0 unspecified atom stereocenters. The van der Waals surface area contributed by atoms with E-state index in [4.69, 9.17) is 23.8 Å². The molecule has 98 valence electrons. The third kappa shape index (κ3) is 2.22. The maximum atomic E-state index is 13.6. The average molecular weight is 313 g/mol. The predicted octanol–water partition coefficient (Wildman–Crippen LogP) is 4.91. The van der Waals surface area contributed by atoms with E-state index in [0.29, 0.717) is 11.3 Å². The number of aryl methyl sites for hydroxylation is 1. The van der Waals surface area contributed by atoms with E-state index in [9.17, 15) is 4.39 Å². The van der Waals surface area contributed by atoms with Crippen molar-refractivity contribution in [2.24, 2.45) is 0 Å². The first-order chi connectivity index (χ1) is 9.06. The molecule has 0 fully saturated rings. The first-order valence-corrected chi connectivity index (χ1v) is 7.38. The van der Waals surface area contributed by atoms with Gasteiger partial charge in [-0.15, -0.1) is 0 Å². The van der Waals surface area contributed by atoms with Gasteiger partial charge in [0.1, 0.15) is 5.82 Å². The van der Waals surface area contributed by atoms with Gasteiger partial charge in [0.2, 0.25) is 0 Å². The van der Waals surface area contributed by atoms with Gasteiger partial charge < -0.3 is 9.55 Å². The Balaban J connectivity index is 2.18. The number of thiophene rings is 1. The van der Waals surface area contributed by atoms with Crippen molar-refractivity contribution in [3.63, 3.8) is 0 Å². The number of hydrogen-bond donors (Lipinski definition) is 1. The summed E-state index contributed by atoms with van der Waals surface area (Å²) in [4.78, 5) is 3.06. The van der Waals surface area contributed by atoms with Gasteiger partial charge in [-0.1, -0.05) is 11.6 Å². The molecule has 0 aliphatic carbocycles. The number of hydrogen-bond acceptors (Lipinski definition) is 2. The Kier molecular flexibility index (Phi) is 3.20. The van der Waals surface area contributed by atoms with E-state index in [0.717, 1.165) is 11.0 Å². The first-order valence-electron chi connectivity index (χ1n) is 5.65. The summed E-state index contributed by atoms with van der Waals surface area (Å²) in [6.45, 7) is 2.69. The smallest absolute Gasteiger partial charge is 0.178 e. The zero-order valence-corrected chi connectivity index (χ0v) is 12.4. The molecule has 0 bridgehead atoms. The van der Waals surface area contributed by atoms with Crippen LogP contribution in [0.15, 0.2) is 22.9 Å². The van der Waals surface area contributed by atoms with Crippen LogP contribution in [0, 0.1) is 17.5 Å². The molecule has 3 rings (SSSR count). The number of aromatic amines is 1. The molecule has 19 heavy (non-hydrogen) atoms. The molecule has 1 N–H and O–H groups in total. The molecule has 0 radical (unpaired) electrons. The lowest BCUT2D eigenvalue weighted by atomic mass is 10.2. The van der Waals surface area contributed by atoms with E-state index in [2.05, 4.69) is 22.7 Å². The third-order valence-electron chi connectivity index (χ3n) is 3.11. The number of halogens is 2. The van der Waals surface area contributed by atoms with Gasteiger partial charge in [0.05, 0.1) is 22.6 Å². The Bertz CT molecular complexity index is 816. The Labute approximate surface area is 123 Å². The van der Waals surface area contributed by atoms with Crippen LogP contribution in [0.4, 0.5) is 4.39 Å². The molecule has 0 saturated carbocycles. The molecule has 0 saturated heterocycles. The minimum absolute atomic E-state index is 0.0996. The highest BCUT2D eigenvalue weighted by Crippen LogP contribution is 2.24. The van der Waals surface area contributed by atoms with Crippen LogP contribution in [0.25, 0.3) is 11.0 Å². The monoisotopic (exact) mass is 312 g/mol. The summed E-state index contributed by atoms with van der Waals surface area (Å²) < 4.78 is 16.1. The second kappa shape index (κ2) is 4.74.